The van der Waals surface area contributed by atoms with Crippen LogP contribution in [0.25, 0.3) is 0 Å². The molecule has 3 unspecified atom stereocenters. The highest BCUT2D eigenvalue weighted by molar-refractivity contribution is 6.30. The first-order chi connectivity index (χ1) is 10.2. The minimum Gasteiger partial charge on any atom is -0.489 e. The van der Waals surface area contributed by atoms with Crippen molar-refractivity contribution in [1.29, 1.82) is 0 Å². The monoisotopic (exact) mass is 301 g/mol. The summed E-state index contributed by atoms with van der Waals surface area (Å²) in [6.07, 6.45) is 1.11. The summed E-state index contributed by atoms with van der Waals surface area (Å²) in [5.74, 6) is 1.30. The summed E-state index contributed by atoms with van der Waals surface area (Å²) in [6.45, 7) is 2.23. The van der Waals surface area contributed by atoms with Crippen LogP contribution in [-0.4, -0.2) is 13.2 Å². The summed E-state index contributed by atoms with van der Waals surface area (Å²) in [7, 11) is 1.99. The van der Waals surface area contributed by atoms with Crippen LogP contribution in [0, 0.1) is 0 Å². The Balaban J connectivity index is 1.89. The number of hydrogen-bond acceptors (Lipinski definition) is 2. The molecule has 2 aromatic rings. The zero-order valence-corrected chi connectivity index (χ0v) is 13.1. The molecule has 1 heterocycles. The Hall–Kier alpha value is -1.51. The number of nitrogens with one attached hydrogen (secondary N) is 1. The molecular formula is C18H20ClNO. The van der Waals surface area contributed by atoms with Crippen LogP contribution in [0.1, 0.15) is 36.4 Å². The molecule has 1 aliphatic heterocycles. The van der Waals surface area contributed by atoms with Gasteiger partial charge in [0.25, 0.3) is 0 Å². The molecule has 1 N–H and O–H groups in total. The summed E-state index contributed by atoms with van der Waals surface area (Å²) in [5.41, 5.74) is 2.47. The fourth-order valence-electron chi connectivity index (χ4n) is 3.02. The molecule has 2 nitrogen and oxygen atoms in total. The smallest absolute Gasteiger partial charge is 0.124 e. The van der Waals surface area contributed by atoms with Gasteiger partial charge in [-0.3, -0.25) is 0 Å². The minimum atomic E-state index is 0.165. The Kier molecular flexibility index (Phi) is 4.18. The molecule has 3 heteroatoms. The Bertz CT molecular complexity index is 614. The van der Waals surface area contributed by atoms with E-state index in [9.17, 15) is 0 Å². The van der Waals surface area contributed by atoms with Crippen molar-refractivity contribution >= 4 is 11.6 Å². The molecule has 3 atom stereocenters. The van der Waals surface area contributed by atoms with Crippen molar-refractivity contribution in [1.82, 2.24) is 5.32 Å². The molecule has 0 radical (unpaired) electrons. The lowest BCUT2D eigenvalue weighted by molar-refractivity contribution is 0.130. The van der Waals surface area contributed by atoms with Gasteiger partial charge in [0.2, 0.25) is 0 Å². The maximum Gasteiger partial charge on any atom is 0.124 e. The van der Waals surface area contributed by atoms with E-state index < -0.39 is 0 Å². The number of halogens is 1. The second-order valence-electron chi connectivity index (χ2n) is 5.61. The molecule has 0 amide bonds. The van der Waals surface area contributed by atoms with E-state index >= 15 is 0 Å². The third-order valence-electron chi connectivity index (χ3n) is 4.33. The Morgan fingerprint density at radius 2 is 1.95 bits per heavy atom. The molecule has 0 spiro atoms. The van der Waals surface area contributed by atoms with E-state index in [2.05, 4.69) is 36.5 Å². The van der Waals surface area contributed by atoms with Crippen molar-refractivity contribution < 1.29 is 4.74 Å². The van der Waals surface area contributed by atoms with E-state index in [1.54, 1.807) is 0 Å². The topological polar surface area (TPSA) is 21.3 Å². The minimum absolute atomic E-state index is 0.165. The summed E-state index contributed by atoms with van der Waals surface area (Å²) in [5, 5.41) is 4.14. The molecule has 0 aliphatic carbocycles. The normalized spacial score (nSPS) is 22.2. The van der Waals surface area contributed by atoms with Crippen molar-refractivity contribution in [2.45, 2.75) is 31.4 Å². The quantitative estimate of drug-likeness (QED) is 0.897. The first kappa shape index (κ1) is 14.4. The van der Waals surface area contributed by atoms with Crippen molar-refractivity contribution in [2.24, 2.45) is 0 Å². The van der Waals surface area contributed by atoms with Crippen LogP contribution in [0.5, 0.6) is 5.75 Å². The van der Waals surface area contributed by atoms with Gasteiger partial charge in [0.1, 0.15) is 11.9 Å². The van der Waals surface area contributed by atoms with Gasteiger partial charge < -0.3 is 10.1 Å². The van der Waals surface area contributed by atoms with Crippen molar-refractivity contribution in [3.8, 4) is 5.75 Å². The summed E-state index contributed by atoms with van der Waals surface area (Å²) < 4.78 is 6.24. The van der Waals surface area contributed by atoms with E-state index in [0.29, 0.717) is 5.92 Å². The molecule has 3 rings (SSSR count). The van der Waals surface area contributed by atoms with Gasteiger partial charge in [0.05, 0.1) is 0 Å². The van der Waals surface area contributed by atoms with Gasteiger partial charge in [0, 0.05) is 29.0 Å². The predicted molar refractivity (Wildman–Crippen MR) is 87.1 cm³/mol. The second kappa shape index (κ2) is 6.08. The molecular weight excluding hydrogens is 282 g/mol. The highest BCUT2D eigenvalue weighted by Gasteiger charge is 2.31. The number of benzene rings is 2. The van der Waals surface area contributed by atoms with E-state index in [1.807, 2.05) is 31.3 Å². The van der Waals surface area contributed by atoms with E-state index in [1.165, 1.54) is 5.56 Å². The van der Waals surface area contributed by atoms with Gasteiger partial charge >= 0.3 is 0 Å². The number of hydrogen-bond donors (Lipinski definition) is 1. The highest BCUT2D eigenvalue weighted by atomic mass is 35.5. The number of fused-ring (bicyclic) bond motifs is 1. The van der Waals surface area contributed by atoms with Crippen LogP contribution in [0.3, 0.4) is 0 Å². The van der Waals surface area contributed by atoms with Gasteiger partial charge in [-0.2, -0.15) is 0 Å². The number of rotatable bonds is 3. The van der Waals surface area contributed by atoms with E-state index in [0.717, 1.165) is 22.8 Å². The van der Waals surface area contributed by atoms with Crippen LogP contribution < -0.4 is 10.1 Å². The summed E-state index contributed by atoms with van der Waals surface area (Å²) in [6, 6.07) is 16.7. The molecule has 21 heavy (non-hydrogen) atoms. The molecule has 1 aliphatic rings. The maximum atomic E-state index is 6.24. The Labute approximate surface area is 131 Å². The van der Waals surface area contributed by atoms with Crippen LogP contribution in [0.4, 0.5) is 0 Å². The fourth-order valence-corrected chi connectivity index (χ4v) is 3.20. The third kappa shape index (κ3) is 2.92. The first-order valence-corrected chi connectivity index (χ1v) is 7.75. The third-order valence-corrected chi connectivity index (χ3v) is 4.56. The zero-order valence-electron chi connectivity index (χ0n) is 12.3. The SMILES string of the molecule is CNC1CC(C(C)c2ccccc2)Oc2ccc(Cl)cc21. The average molecular weight is 302 g/mol. The lowest BCUT2D eigenvalue weighted by atomic mass is 9.87. The maximum absolute atomic E-state index is 6.24. The van der Waals surface area contributed by atoms with Gasteiger partial charge in [-0.1, -0.05) is 48.9 Å². The van der Waals surface area contributed by atoms with Gasteiger partial charge in [-0.25, -0.2) is 0 Å². The Morgan fingerprint density at radius 1 is 1.19 bits per heavy atom. The van der Waals surface area contributed by atoms with E-state index in [-0.39, 0.29) is 12.1 Å². The molecule has 2 aromatic carbocycles. The molecule has 0 fully saturated rings. The second-order valence-corrected chi connectivity index (χ2v) is 6.05. The van der Waals surface area contributed by atoms with Gasteiger partial charge in [-0.05, 0) is 30.8 Å². The largest absolute Gasteiger partial charge is 0.489 e. The van der Waals surface area contributed by atoms with Gasteiger partial charge in [-0.15, -0.1) is 0 Å². The lowest BCUT2D eigenvalue weighted by Crippen LogP contribution is -2.34. The van der Waals surface area contributed by atoms with Crippen LogP contribution in [-0.2, 0) is 0 Å². The highest BCUT2D eigenvalue weighted by Crippen LogP contribution is 2.40. The standard InChI is InChI=1S/C18H20ClNO/c1-12(13-6-4-3-5-7-13)18-11-16(20-2)15-10-14(19)8-9-17(15)21-18/h3-10,12,16,18,20H,11H2,1-2H3. The molecule has 0 aromatic heterocycles. The zero-order chi connectivity index (χ0) is 14.8. The van der Waals surface area contributed by atoms with Crippen molar-refractivity contribution in [2.75, 3.05) is 7.05 Å². The first-order valence-electron chi connectivity index (χ1n) is 7.37. The molecule has 110 valence electrons. The Morgan fingerprint density at radius 3 is 2.67 bits per heavy atom. The summed E-state index contributed by atoms with van der Waals surface area (Å²) >= 11 is 6.11. The fraction of sp³-hybridized carbons (Fsp3) is 0.333. The predicted octanol–water partition coefficient (Wildman–Crippen LogP) is 4.56. The average Bonchev–Trinajstić information content (AvgIpc) is 2.54. The van der Waals surface area contributed by atoms with Crippen LogP contribution in [0.15, 0.2) is 48.5 Å². The van der Waals surface area contributed by atoms with Crippen LogP contribution in [0.2, 0.25) is 5.02 Å². The molecule has 0 bridgehead atoms. The van der Waals surface area contributed by atoms with Crippen LogP contribution >= 0.6 is 11.6 Å². The van der Waals surface area contributed by atoms with Crippen molar-refractivity contribution in [3.63, 3.8) is 0 Å². The van der Waals surface area contributed by atoms with E-state index in [4.69, 9.17) is 16.3 Å². The van der Waals surface area contributed by atoms with Crippen molar-refractivity contribution in [3.05, 3.63) is 64.7 Å². The number of ether oxygens (including phenoxy) is 1. The van der Waals surface area contributed by atoms with Gasteiger partial charge in [0.15, 0.2) is 0 Å². The lowest BCUT2D eigenvalue weighted by Gasteiger charge is -2.35. The molecule has 0 saturated heterocycles. The summed E-state index contributed by atoms with van der Waals surface area (Å²) in [4.78, 5) is 0. The molecule has 0 saturated carbocycles.